The quantitative estimate of drug-likeness (QED) is 0.368. The highest BCUT2D eigenvalue weighted by Crippen LogP contribution is 2.29. The van der Waals surface area contributed by atoms with Crippen LogP contribution in [0.3, 0.4) is 0 Å². The van der Waals surface area contributed by atoms with Gasteiger partial charge in [-0.2, -0.15) is 4.98 Å². The SMILES string of the molecule is Cc1ccc(CNc2ncc(-c3ccc(CN4CCN(C(C)C)CC4)cn3)c(N[C@H]3CC[C@H](O)CC3)n2)cc1. The van der Waals surface area contributed by atoms with Crippen LogP contribution in [0.4, 0.5) is 11.8 Å². The highest BCUT2D eigenvalue weighted by Gasteiger charge is 2.22. The lowest BCUT2D eigenvalue weighted by Crippen LogP contribution is -2.48. The number of pyridine rings is 1. The van der Waals surface area contributed by atoms with E-state index in [0.717, 1.165) is 75.5 Å². The fourth-order valence-electron chi connectivity index (χ4n) is 5.44. The number of hydrogen-bond acceptors (Lipinski definition) is 8. The van der Waals surface area contributed by atoms with Crippen LogP contribution in [-0.2, 0) is 13.1 Å². The minimum absolute atomic E-state index is 0.192. The zero-order chi connectivity index (χ0) is 27.2. The maximum atomic E-state index is 9.97. The predicted octanol–water partition coefficient (Wildman–Crippen LogP) is 4.70. The van der Waals surface area contributed by atoms with Crippen LogP contribution >= 0.6 is 0 Å². The highest BCUT2D eigenvalue weighted by molar-refractivity contribution is 5.73. The summed E-state index contributed by atoms with van der Waals surface area (Å²) >= 11 is 0. The molecule has 1 aliphatic carbocycles. The lowest BCUT2D eigenvalue weighted by atomic mass is 9.93. The van der Waals surface area contributed by atoms with E-state index in [9.17, 15) is 5.11 Å². The van der Waals surface area contributed by atoms with Crippen molar-refractivity contribution in [2.45, 2.75) is 77.7 Å². The normalized spacial score (nSPS) is 20.7. The maximum Gasteiger partial charge on any atom is 0.224 e. The second kappa shape index (κ2) is 12.9. The molecule has 5 rings (SSSR count). The number of aliphatic hydroxyl groups is 1. The number of piperazine rings is 1. The van der Waals surface area contributed by atoms with E-state index in [-0.39, 0.29) is 12.1 Å². The van der Waals surface area contributed by atoms with Crippen molar-refractivity contribution in [2.75, 3.05) is 36.8 Å². The molecule has 3 aromatic rings. The van der Waals surface area contributed by atoms with Crippen LogP contribution in [0.25, 0.3) is 11.3 Å². The predicted molar refractivity (Wildman–Crippen MR) is 158 cm³/mol. The van der Waals surface area contributed by atoms with Crippen molar-refractivity contribution in [1.82, 2.24) is 24.8 Å². The van der Waals surface area contributed by atoms with Crippen LogP contribution in [-0.4, -0.2) is 74.2 Å². The van der Waals surface area contributed by atoms with Gasteiger partial charge in [-0.25, -0.2) is 4.98 Å². The van der Waals surface area contributed by atoms with E-state index in [0.29, 0.717) is 18.5 Å². The summed E-state index contributed by atoms with van der Waals surface area (Å²) in [5.41, 5.74) is 5.43. The third-order valence-electron chi connectivity index (χ3n) is 8.04. The third-order valence-corrected chi connectivity index (χ3v) is 8.04. The average Bonchev–Trinajstić information content (AvgIpc) is 2.95. The fraction of sp³-hybridized carbons (Fsp3) is 0.516. The number of aryl methyl sites for hydroxylation is 1. The Kier molecular flexibility index (Phi) is 9.06. The number of benzene rings is 1. The van der Waals surface area contributed by atoms with E-state index in [2.05, 4.69) is 82.6 Å². The standard InChI is InChI=1S/C31H43N7O/c1-22(2)38-16-14-37(15-17-38)21-25-8-13-29(32-19-25)28-20-34-31(33-18-24-6-4-23(3)5-7-24)36-30(28)35-26-9-11-27(39)12-10-26/h4-8,13,19-20,22,26-27,39H,9-12,14-18,21H2,1-3H3,(H2,33,34,35,36)/t26-,27-. The van der Waals surface area contributed by atoms with Gasteiger partial charge in [-0.15, -0.1) is 0 Å². The zero-order valence-corrected chi connectivity index (χ0v) is 23.6. The Labute approximate surface area is 232 Å². The van der Waals surface area contributed by atoms with Gasteiger partial charge in [0.05, 0.1) is 17.4 Å². The molecular weight excluding hydrogens is 486 g/mol. The van der Waals surface area contributed by atoms with Crippen LogP contribution in [0.2, 0.25) is 0 Å². The van der Waals surface area contributed by atoms with E-state index in [1.54, 1.807) is 0 Å². The first-order chi connectivity index (χ1) is 18.9. The molecule has 3 N–H and O–H groups in total. The van der Waals surface area contributed by atoms with E-state index in [4.69, 9.17) is 9.97 Å². The molecule has 0 amide bonds. The van der Waals surface area contributed by atoms with Crippen LogP contribution < -0.4 is 10.6 Å². The molecule has 2 fully saturated rings. The summed E-state index contributed by atoms with van der Waals surface area (Å²) in [5.74, 6) is 1.39. The Morgan fingerprint density at radius 2 is 1.62 bits per heavy atom. The minimum Gasteiger partial charge on any atom is -0.393 e. The molecule has 8 heteroatoms. The number of aromatic nitrogens is 3. The molecule has 39 heavy (non-hydrogen) atoms. The van der Waals surface area contributed by atoms with Gasteiger partial charge in [-0.3, -0.25) is 14.8 Å². The van der Waals surface area contributed by atoms with Gasteiger partial charge >= 0.3 is 0 Å². The van der Waals surface area contributed by atoms with Gasteiger partial charge in [0.1, 0.15) is 5.82 Å². The largest absolute Gasteiger partial charge is 0.393 e. The van der Waals surface area contributed by atoms with E-state index >= 15 is 0 Å². The average molecular weight is 530 g/mol. The lowest BCUT2D eigenvalue weighted by molar-refractivity contribution is 0.104. The topological polar surface area (TPSA) is 89.4 Å². The molecular formula is C31H43N7O. The van der Waals surface area contributed by atoms with E-state index < -0.39 is 0 Å². The summed E-state index contributed by atoms with van der Waals surface area (Å²) < 4.78 is 0. The molecule has 3 heterocycles. The number of aliphatic hydroxyl groups excluding tert-OH is 1. The van der Waals surface area contributed by atoms with Crippen LogP contribution in [0, 0.1) is 6.92 Å². The van der Waals surface area contributed by atoms with Crippen molar-refractivity contribution in [1.29, 1.82) is 0 Å². The minimum atomic E-state index is -0.192. The van der Waals surface area contributed by atoms with Crippen molar-refractivity contribution < 1.29 is 5.11 Å². The molecule has 1 saturated heterocycles. The van der Waals surface area contributed by atoms with Gasteiger partial charge in [0.2, 0.25) is 5.95 Å². The molecule has 2 aliphatic rings. The highest BCUT2D eigenvalue weighted by atomic mass is 16.3. The second-order valence-corrected chi connectivity index (χ2v) is 11.4. The van der Waals surface area contributed by atoms with Crippen molar-refractivity contribution in [2.24, 2.45) is 0 Å². The van der Waals surface area contributed by atoms with Gasteiger partial charge in [0.25, 0.3) is 0 Å². The monoisotopic (exact) mass is 529 g/mol. The van der Waals surface area contributed by atoms with E-state index in [1.165, 1.54) is 16.7 Å². The van der Waals surface area contributed by atoms with Crippen LogP contribution in [0.15, 0.2) is 48.8 Å². The first kappa shape index (κ1) is 27.5. The Bertz CT molecular complexity index is 1180. The Morgan fingerprint density at radius 1 is 0.897 bits per heavy atom. The molecule has 8 nitrogen and oxygen atoms in total. The summed E-state index contributed by atoms with van der Waals surface area (Å²) in [6, 6.07) is 13.6. The molecule has 1 saturated carbocycles. The maximum absolute atomic E-state index is 9.97. The Balaban J connectivity index is 1.29. The van der Waals surface area contributed by atoms with Gasteiger partial charge in [0.15, 0.2) is 0 Å². The third kappa shape index (κ3) is 7.53. The fourth-order valence-corrected chi connectivity index (χ4v) is 5.44. The summed E-state index contributed by atoms with van der Waals surface area (Å²) in [6.45, 7) is 12.7. The van der Waals surface area contributed by atoms with Crippen molar-refractivity contribution in [3.8, 4) is 11.3 Å². The van der Waals surface area contributed by atoms with Gasteiger partial charge in [-0.05, 0) is 63.6 Å². The molecule has 0 unspecified atom stereocenters. The summed E-state index contributed by atoms with van der Waals surface area (Å²) in [6.07, 6.45) is 7.15. The number of nitrogens with one attached hydrogen (secondary N) is 2. The Hall–Kier alpha value is -3.07. The molecule has 1 aromatic carbocycles. The number of hydrogen-bond donors (Lipinski definition) is 3. The molecule has 0 spiro atoms. The summed E-state index contributed by atoms with van der Waals surface area (Å²) in [5, 5.41) is 17.0. The molecule has 0 bridgehead atoms. The number of nitrogens with zero attached hydrogens (tertiary/aromatic N) is 5. The molecule has 208 valence electrons. The van der Waals surface area contributed by atoms with Crippen LogP contribution in [0.5, 0.6) is 0 Å². The summed E-state index contributed by atoms with van der Waals surface area (Å²) in [7, 11) is 0. The molecule has 2 aromatic heterocycles. The molecule has 1 aliphatic heterocycles. The Morgan fingerprint density at radius 3 is 2.28 bits per heavy atom. The number of anilines is 2. The molecule has 0 atom stereocenters. The number of rotatable bonds is 9. The van der Waals surface area contributed by atoms with Crippen molar-refractivity contribution in [3.63, 3.8) is 0 Å². The second-order valence-electron chi connectivity index (χ2n) is 11.4. The smallest absolute Gasteiger partial charge is 0.224 e. The van der Waals surface area contributed by atoms with Gasteiger partial charge in [-0.1, -0.05) is 35.9 Å². The van der Waals surface area contributed by atoms with Crippen LogP contribution in [0.1, 0.15) is 56.2 Å². The van der Waals surface area contributed by atoms with Crippen molar-refractivity contribution in [3.05, 3.63) is 65.5 Å². The van der Waals surface area contributed by atoms with Crippen molar-refractivity contribution >= 4 is 11.8 Å². The first-order valence-corrected chi connectivity index (χ1v) is 14.5. The van der Waals surface area contributed by atoms with Gasteiger partial charge in [0, 0.05) is 63.7 Å². The molecule has 0 radical (unpaired) electrons. The van der Waals surface area contributed by atoms with E-state index in [1.807, 2.05) is 12.4 Å². The lowest BCUT2D eigenvalue weighted by Gasteiger charge is -2.36. The zero-order valence-electron chi connectivity index (χ0n) is 23.6. The summed E-state index contributed by atoms with van der Waals surface area (Å²) in [4.78, 5) is 19.4. The van der Waals surface area contributed by atoms with Gasteiger partial charge < -0.3 is 15.7 Å². The first-order valence-electron chi connectivity index (χ1n) is 14.5.